The van der Waals surface area contributed by atoms with E-state index in [1.165, 1.54) is 19.2 Å². The van der Waals surface area contributed by atoms with Gasteiger partial charge in [0.2, 0.25) is 0 Å². The van der Waals surface area contributed by atoms with Crippen molar-refractivity contribution in [2.75, 3.05) is 53.4 Å². The number of esters is 1. The van der Waals surface area contributed by atoms with Gasteiger partial charge in [0.25, 0.3) is 10.1 Å². The van der Waals surface area contributed by atoms with E-state index in [4.69, 9.17) is 18.4 Å². The van der Waals surface area contributed by atoms with Gasteiger partial charge in [0.05, 0.1) is 25.2 Å². The van der Waals surface area contributed by atoms with Crippen molar-refractivity contribution in [2.24, 2.45) is 0 Å². The van der Waals surface area contributed by atoms with E-state index in [1.807, 2.05) is 6.92 Å². The molecule has 154 valence electrons. The van der Waals surface area contributed by atoms with Crippen LogP contribution in [-0.2, 0) is 38.0 Å². The second-order valence-electron chi connectivity index (χ2n) is 5.65. The maximum atomic E-state index is 11.9. The van der Waals surface area contributed by atoms with Crippen LogP contribution < -0.4 is 0 Å². The van der Waals surface area contributed by atoms with Gasteiger partial charge in [-0.25, -0.2) is 4.79 Å². The molecule has 0 amide bonds. The fourth-order valence-electron chi connectivity index (χ4n) is 1.92. The quantitative estimate of drug-likeness (QED) is 0.248. The summed E-state index contributed by atoms with van der Waals surface area (Å²) >= 11 is 0. The van der Waals surface area contributed by atoms with Gasteiger partial charge in [-0.15, -0.1) is 0 Å². The molecule has 0 radical (unpaired) electrons. The SMILES string of the molecule is COC(=O)COCCCOCCCOCCOS(=O)(=O)c1ccc(C)cc1. The lowest BCUT2D eigenvalue weighted by Crippen LogP contribution is -2.13. The zero-order valence-electron chi connectivity index (χ0n) is 15.8. The smallest absolute Gasteiger partial charge is 0.331 e. The molecule has 0 atom stereocenters. The molecule has 0 aliphatic carbocycles. The highest BCUT2D eigenvalue weighted by atomic mass is 32.2. The summed E-state index contributed by atoms with van der Waals surface area (Å²) < 4.78 is 49.1. The Morgan fingerprint density at radius 2 is 1.41 bits per heavy atom. The molecule has 0 heterocycles. The number of benzene rings is 1. The zero-order chi connectivity index (χ0) is 20.0. The largest absolute Gasteiger partial charge is 0.467 e. The monoisotopic (exact) mass is 404 g/mol. The van der Waals surface area contributed by atoms with Crippen LogP contribution in [0.5, 0.6) is 0 Å². The molecule has 0 unspecified atom stereocenters. The number of hydrogen-bond donors (Lipinski definition) is 0. The van der Waals surface area contributed by atoms with Gasteiger partial charge < -0.3 is 18.9 Å². The van der Waals surface area contributed by atoms with Crippen LogP contribution in [0.15, 0.2) is 29.2 Å². The van der Waals surface area contributed by atoms with Gasteiger partial charge in [-0.2, -0.15) is 8.42 Å². The molecule has 0 bridgehead atoms. The van der Waals surface area contributed by atoms with Crippen LogP contribution in [0.4, 0.5) is 0 Å². The van der Waals surface area contributed by atoms with Crippen LogP contribution in [-0.4, -0.2) is 67.7 Å². The van der Waals surface area contributed by atoms with Gasteiger partial charge in [-0.1, -0.05) is 17.7 Å². The molecule has 0 aliphatic rings. The Morgan fingerprint density at radius 3 is 2.00 bits per heavy atom. The fraction of sp³-hybridized carbons (Fsp3) is 0.611. The Morgan fingerprint density at radius 1 is 0.852 bits per heavy atom. The van der Waals surface area contributed by atoms with E-state index in [0.29, 0.717) is 39.3 Å². The van der Waals surface area contributed by atoms with Crippen LogP contribution in [0, 0.1) is 6.92 Å². The minimum atomic E-state index is -3.74. The van der Waals surface area contributed by atoms with Gasteiger partial charge in [-0.05, 0) is 31.9 Å². The van der Waals surface area contributed by atoms with Gasteiger partial charge in [-0.3, -0.25) is 4.18 Å². The van der Waals surface area contributed by atoms with Crippen molar-refractivity contribution in [3.8, 4) is 0 Å². The molecule has 1 aromatic rings. The average Bonchev–Trinajstić information content (AvgIpc) is 2.65. The number of ether oxygens (including phenoxy) is 4. The number of carbonyl (C=O) groups is 1. The predicted octanol–water partition coefficient (Wildman–Crippen LogP) is 1.70. The molecular formula is C18H28O8S. The van der Waals surface area contributed by atoms with Crippen LogP contribution in [0.25, 0.3) is 0 Å². The summed E-state index contributed by atoms with van der Waals surface area (Å²) in [6, 6.07) is 6.47. The van der Waals surface area contributed by atoms with E-state index in [9.17, 15) is 13.2 Å². The molecule has 0 aromatic heterocycles. The number of methoxy groups -OCH3 is 1. The van der Waals surface area contributed by atoms with Crippen LogP contribution in [0.1, 0.15) is 18.4 Å². The number of rotatable bonds is 15. The molecule has 0 saturated heterocycles. The summed E-state index contributed by atoms with van der Waals surface area (Å²) in [4.78, 5) is 10.9. The summed E-state index contributed by atoms with van der Waals surface area (Å²) in [5, 5.41) is 0. The Labute approximate surface area is 160 Å². The molecule has 27 heavy (non-hydrogen) atoms. The summed E-state index contributed by atoms with van der Waals surface area (Å²) in [6.07, 6.45) is 1.37. The van der Waals surface area contributed by atoms with Gasteiger partial charge in [0.1, 0.15) is 6.61 Å². The lowest BCUT2D eigenvalue weighted by molar-refractivity contribution is -0.146. The first-order valence-electron chi connectivity index (χ1n) is 8.72. The van der Waals surface area contributed by atoms with Crippen molar-refractivity contribution in [3.05, 3.63) is 29.8 Å². The normalized spacial score (nSPS) is 11.5. The predicted molar refractivity (Wildman–Crippen MR) is 98.0 cm³/mol. The Hall–Kier alpha value is -1.52. The summed E-state index contributed by atoms with van der Waals surface area (Å²) in [5.74, 6) is -0.399. The first-order chi connectivity index (χ1) is 13.0. The topological polar surface area (TPSA) is 97.4 Å². The molecular weight excluding hydrogens is 376 g/mol. The van der Waals surface area contributed by atoms with Crippen molar-refractivity contribution in [3.63, 3.8) is 0 Å². The molecule has 8 nitrogen and oxygen atoms in total. The van der Waals surface area contributed by atoms with Crippen LogP contribution in [0.2, 0.25) is 0 Å². The van der Waals surface area contributed by atoms with Crippen molar-refractivity contribution in [1.82, 2.24) is 0 Å². The van der Waals surface area contributed by atoms with Crippen molar-refractivity contribution >= 4 is 16.1 Å². The summed E-state index contributed by atoms with van der Waals surface area (Å²) in [7, 11) is -2.43. The standard InChI is InChI=1S/C18H28O8S/c1-16-5-7-17(8-6-16)27(20,21)26-14-13-24-11-3-9-23-10-4-12-25-15-18(19)22-2/h5-8H,3-4,9-15H2,1-2H3. The minimum absolute atomic E-state index is 0.0331. The van der Waals surface area contributed by atoms with E-state index >= 15 is 0 Å². The van der Waals surface area contributed by atoms with Gasteiger partial charge in [0, 0.05) is 26.4 Å². The summed E-state index contributed by atoms with van der Waals surface area (Å²) in [5.41, 5.74) is 0.980. The third kappa shape index (κ3) is 11.0. The van der Waals surface area contributed by atoms with Gasteiger partial charge >= 0.3 is 5.97 Å². The van der Waals surface area contributed by atoms with E-state index in [-0.39, 0.29) is 24.7 Å². The van der Waals surface area contributed by atoms with E-state index < -0.39 is 16.1 Å². The van der Waals surface area contributed by atoms with Crippen molar-refractivity contribution in [1.29, 1.82) is 0 Å². The Kier molecular flexibility index (Phi) is 11.9. The fourth-order valence-corrected chi connectivity index (χ4v) is 2.81. The van der Waals surface area contributed by atoms with Crippen LogP contribution >= 0.6 is 0 Å². The Balaban J connectivity index is 1.94. The molecule has 0 fully saturated rings. The zero-order valence-corrected chi connectivity index (χ0v) is 16.7. The molecule has 9 heteroatoms. The molecule has 1 aromatic carbocycles. The maximum Gasteiger partial charge on any atom is 0.331 e. The number of aryl methyl sites for hydroxylation is 1. The lowest BCUT2D eigenvalue weighted by Gasteiger charge is -2.07. The van der Waals surface area contributed by atoms with E-state index in [2.05, 4.69) is 4.74 Å². The van der Waals surface area contributed by atoms with E-state index in [0.717, 1.165) is 5.56 Å². The Bertz CT molecular complexity index is 627. The molecule has 0 aliphatic heterocycles. The lowest BCUT2D eigenvalue weighted by atomic mass is 10.2. The summed E-state index contributed by atoms with van der Waals surface area (Å²) in [6.45, 7) is 3.92. The highest BCUT2D eigenvalue weighted by molar-refractivity contribution is 7.86. The highest BCUT2D eigenvalue weighted by Gasteiger charge is 2.14. The molecule has 0 N–H and O–H groups in total. The number of hydrogen-bond acceptors (Lipinski definition) is 8. The highest BCUT2D eigenvalue weighted by Crippen LogP contribution is 2.12. The average molecular weight is 404 g/mol. The molecule has 1 rings (SSSR count). The second-order valence-corrected chi connectivity index (χ2v) is 7.27. The van der Waals surface area contributed by atoms with E-state index in [1.54, 1.807) is 12.1 Å². The maximum absolute atomic E-state index is 11.9. The third-order valence-corrected chi connectivity index (χ3v) is 4.70. The third-order valence-electron chi connectivity index (χ3n) is 3.38. The first kappa shape index (κ1) is 23.5. The van der Waals surface area contributed by atoms with Crippen LogP contribution in [0.3, 0.4) is 0 Å². The number of carbonyl (C=O) groups excluding carboxylic acids is 1. The van der Waals surface area contributed by atoms with Crippen molar-refractivity contribution < 1.29 is 36.3 Å². The molecule has 0 saturated carbocycles. The minimum Gasteiger partial charge on any atom is -0.467 e. The molecule has 0 spiro atoms. The first-order valence-corrected chi connectivity index (χ1v) is 10.1. The second kappa shape index (κ2) is 13.6. The van der Waals surface area contributed by atoms with Crippen molar-refractivity contribution in [2.45, 2.75) is 24.7 Å². The van der Waals surface area contributed by atoms with Gasteiger partial charge in [0.15, 0.2) is 0 Å².